The van der Waals surface area contributed by atoms with E-state index >= 15 is 0 Å². The van der Waals surface area contributed by atoms with Crippen molar-refractivity contribution in [3.8, 4) is 11.1 Å². The highest BCUT2D eigenvalue weighted by atomic mass is 32.2. The van der Waals surface area contributed by atoms with E-state index in [9.17, 15) is 24.6 Å². The molecule has 2 amide bonds. The zero-order valence-electron chi connectivity index (χ0n) is 18.8. The molecule has 1 aliphatic heterocycles. The topological polar surface area (TPSA) is 116 Å². The molecule has 2 aliphatic rings. The van der Waals surface area contributed by atoms with Crippen molar-refractivity contribution in [2.45, 2.75) is 36.9 Å². The Bertz CT molecular complexity index is 1030. The van der Waals surface area contributed by atoms with Crippen LogP contribution in [-0.2, 0) is 14.3 Å². The first-order valence-corrected chi connectivity index (χ1v) is 12.6. The molecule has 0 radical (unpaired) electrons. The number of nitrogens with zero attached hydrogens (tertiary/aromatic N) is 1. The quantitative estimate of drug-likeness (QED) is 0.528. The number of carboxylic acid groups (broad SMARTS) is 1. The van der Waals surface area contributed by atoms with Gasteiger partial charge in [-0.05, 0) is 40.7 Å². The molecule has 1 heterocycles. The summed E-state index contributed by atoms with van der Waals surface area (Å²) in [6, 6.07) is 14.0. The Morgan fingerprint density at radius 1 is 1.12 bits per heavy atom. The molecule has 34 heavy (non-hydrogen) atoms. The molecule has 9 heteroatoms. The van der Waals surface area contributed by atoms with E-state index in [0.29, 0.717) is 12.2 Å². The van der Waals surface area contributed by atoms with Gasteiger partial charge < -0.3 is 25.2 Å². The van der Waals surface area contributed by atoms with Gasteiger partial charge in [0.15, 0.2) is 0 Å². The van der Waals surface area contributed by atoms with Gasteiger partial charge in [-0.2, -0.15) is 11.8 Å². The molecule has 3 atom stereocenters. The van der Waals surface area contributed by atoms with Gasteiger partial charge in [0.1, 0.15) is 18.7 Å². The van der Waals surface area contributed by atoms with Crippen molar-refractivity contribution in [3.63, 3.8) is 0 Å². The molecular formula is C25H28N2O6S. The number of rotatable bonds is 8. The van der Waals surface area contributed by atoms with Crippen molar-refractivity contribution in [2.75, 3.05) is 25.2 Å². The first kappa shape index (κ1) is 24.1. The van der Waals surface area contributed by atoms with Gasteiger partial charge in [0.25, 0.3) is 0 Å². The molecule has 3 N–H and O–H groups in total. The van der Waals surface area contributed by atoms with Crippen molar-refractivity contribution in [2.24, 2.45) is 0 Å². The smallest absolute Gasteiger partial charge is 0.407 e. The van der Waals surface area contributed by atoms with Crippen LogP contribution in [0.15, 0.2) is 48.5 Å². The fourth-order valence-corrected chi connectivity index (χ4v) is 5.24. The van der Waals surface area contributed by atoms with Gasteiger partial charge in [-0.1, -0.05) is 48.5 Å². The summed E-state index contributed by atoms with van der Waals surface area (Å²) >= 11 is 1.51. The molecule has 1 aliphatic carbocycles. The second-order valence-corrected chi connectivity index (χ2v) is 9.52. The van der Waals surface area contributed by atoms with E-state index in [1.54, 1.807) is 0 Å². The van der Waals surface area contributed by atoms with Crippen molar-refractivity contribution >= 4 is 29.7 Å². The second kappa shape index (κ2) is 10.5. The van der Waals surface area contributed by atoms with E-state index in [1.165, 1.54) is 11.8 Å². The summed E-state index contributed by atoms with van der Waals surface area (Å²) in [7, 11) is 0. The molecule has 2 aromatic rings. The number of nitrogens with one attached hydrogen (secondary N) is 1. The molecule has 0 aromatic heterocycles. The number of carbonyl (C=O) groups excluding carboxylic acids is 2. The zero-order chi connectivity index (χ0) is 24.2. The molecule has 1 saturated heterocycles. The molecule has 1 unspecified atom stereocenters. The normalized spacial score (nSPS) is 19.9. The lowest BCUT2D eigenvalue weighted by Gasteiger charge is -2.27. The maximum atomic E-state index is 13.1. The third-order valence-electron chi connectivity index (χ3n) is 6.39. The van der Waals surface area contributed by atoms with Gasteiger partial charge in [-0.25, -0.2) is 9.59 Å². The van der Waals surface area contributed by atoms with Crippen LogP contribution in [-0.4, -0.2) is 76.4 Å². The number of amides is 2. The number of fused-ring (bicyclic) bond motifs is 3. The predicted octanol–water partition coefficient (Wildman–Crippen LogP) is 2.69. The SMILES string of the molecule is CSCC[C@@H](NC(=O)OCC1c2ccccc2-c2ccccc21)C(=O)N1CC(O)C[C@H]1C(=O)O. The van der Waals surface area contributed by atoms with Crippen molar-refractivity contribution < 1.29 is 29.3 Å². The minimum Gasteiger partial charge on any atom is -0.480 e. The largest absolute Gasteiger partial charge is 0.480 e. The minimum atomic E-state index is -1.17. The van der Waals surface area contributed by atoms with Crippen LogP contribution in [0, 0.1) is 0 Å². The number of hydrogen-bond acceptors (Lipinski definition) is 6. The van der Waals surface area contributed by atoms with Crippen LogP contribution >= 0.6 is 11.8 Å². The number of aliphatic hydroxyl groups is 1. The van der Waals surface area contributed by atoms with E-state index in [4.69, 9.17) is 4.74 Å². The number of likely N-dealkylation sites (tertiary alicyclic amines) is 1. The summed E-state index contributed by atoms with van der Waals surface area (Å²) in [6.45, 7) is 0.0431. The number of ether oxygens (including phenoxy) is 1. The lowest BCUT2D eigenvalue weighted by Crippen LogP contribution is -2.52. The fraction of sp³-hybridized carbons (Fsp3) is 0.400. The number of aliphatic carboxylic acids is 1. The third kappa shape index (κ3) is 4.90. The summed E-state index contributed by atoms with van der Waals surface area (Å²) in [5.41, 5.74) is 4.41. The molecule has 2 aromatic carbocycles. The maximum absolute atomic E-state index is 13.1. The second-order valence-electron chi connectivity index (χ2n) is 8.54. The highest BCUT2D eigenvalue weighted by Gasteiger charge is 2.41. The number of hydrogen-bond donors (Lipinski definition) is 3. The van der Waals surface area contributed by atoms with Crippen LogP contribution in [0.3, 0.4) is 0 Å². The Hall–Kier alpha value is -3.04. The fourth-order valence-electron chi connectivity index (χ4n) is 4.77. The van der Waals surface area contributed by atoms with Gasteiger partial charge in [-0.15, -0.1) is 0 Å². The summed E-state index contributed by atoms with van der Waals surface area (Å²) in [4.78, 5) is 38.5. The average molecular weight is 485 g/mol. The van der Waals surface area contributed by atoms with E-state index in [2.05, 4.69) is 17.4 Å². The first-order valence-electron chi connectivity index (χ1n) is 11.2. The standard InChI is InChI=1S/C25H28N2O6S/c1-34-11-10-21(23(29)27-13-15(28)12-22(27)24(30)31)26-25(32)33-14-20-18-8-4-2-6-16(18)17-7-3-5-9-19(17)20/h2-9,15,20-22,28H,10-14H2,1H3,(H,26,32)(H,30,31)/t15?,21-,22+/m1/s1. The zero-order valence-corrected chi connectivity index (χ0v) is 19.7. The van der Waals surface area contributed by atoms with Crippen molar-refractivity contribution in [1.29, 1.82) is 0 Å². The predicted molar refractivity (Wildman–Crippen MR) is 129 cm³/mol. The number of β-amino-alcohol motifs (C(OH)–C–C–N with tert-alkyl or cyclic N) is 1. The van der Waals surface area contributed by atoms with Gasteiger partial charge in [0, 0.05) is 18.9 Å². The summed E-state index contributed by atoms with van der Waals surface area (Å²) in [5, 5.41) is 22.0. The van der Waals surface area contributed by atoms with Crippen molar-refractivity contribution in [1.82, 2.24) is 10.2 Å². The van der Waals surface area contributed by atoms with Gasteiger partial charge in [0.2, 0.25) is 5.91 Å². The molecule has 8 nitrogen and oxygen atoms in total. The van der Waals surface area contributed by atoms with Crippen LogP contribution < -0.4 is 5.32 Å². The molecule has 1 fully saturated rings. The van der Waals surface area contributed by atoms with Gasteiger partial charge in [0.05, 0.1) is 6.10 Å². The Morgan fingerprint density at radius 2 is 1.74 bits per heavy atom. The van der Waals surface area contributed by atoms with Crippen molar-refractivity contribution in [3.05, 3.63) is 59.7 Å². The van der Waals surface area contributed by atoms with E-state index in [-0.39, 0.29) is 25.5 Å². The van der Waals surface area contributed by atoms with Crippen LogP contribution in [0.1, 0.15) is 29.9 Å². The lowest BCUT2D eigenvalue weighted by atomic mass is 9.98. The molecule has 180 valence electrons. The van der Waals surface area contributed by atoms with Crippen LogP contribution in [0.25, 0.3) is 11.1 Å². The number of thioether (sulfide) groups is 1. The first-order chi connectivity index (χ1) is 16.4. The Morgan fingerprint density at radius 3 is 2.32 bits per heavy atom. The maximum Gasteiger partial charge on any atom is 0.407 e. The van der Waals surface area contributed by atoms with Gasteiger partial charge in [-0.3, -0.25) is 4.79 Å². The Balaban J connectivity index is 1.44. The highest BCUT2D eigenvalue weighted by molar-refractivity contribution is 7.98. The third-order valence-corrected chi connectivity index (χ3v) is 7.04. The number of carbonyl (C=O) groups is 3. The highest BCUT2D eigenvalue weighted by Crippen LogP contribution is 2.44. The summed E-state index contributed by atoms with van der Waals surface area (Å²) in [6.07, 6.45) is 0.549. The van der Waals surface area contributed by atoms with Crippen LogP contribution in [0.4, 0.5) is 4.79 Å². The number of carboxylic acids is 1. The van der Waals surface area contributed by atoms with E-state index < -0.39 is 36.2 Å². The lowest BCUT2D eigenvalue weighted by molar-refractivity contribution is -0.149. The monoisotopic (exact) mass is 484 g/mol. The number of aliphatic hydroxyl groups excluding tert-OH is 1. The molecule has 0 spiro atoms. The molecule has 4 rings (SSSR count). The van der Waals surface area contributed by atoms with Crippen LogP contribution in [0.5, 0.6) is 0 Å². The number of benzene rings is 2. The van der Waals surface area contributed by atoms with Gasteiger partial charge >= 0.3 is 12.1 Å². The van der Waals surface area contributed by atoms with E-state index in [0.717, 1.165) is 27.2 Å². The molecule has 0 bridgehead atoms. The van der Waals surface area contributed by atoms with E-state index in [1.807, 2.05) is 42.7 Å². The average Bonchev–Trinajstić information content (AvgIpc) is 3.38. The summed E-state index contributed by atoms with van der Waals surface area (Å²) in [5.74, 6) is -1.21. The van der Waals surface area contributed by atoms with Crippen LogP contribution in [0.2, 0.25) is 0 Å². The molecule has 0 saturated carbocycles. The Kier molecular flexibility index (Phi) is 7.43. The Labute approximate surface area is 202 Å². The summed E-state index contributed by atoms with van der Waals surface area (Å²) < 4.78 is 5.57. The minimum absolute atomic E-state index is 0.0265. The number of alkyl carbamates (subject to hydrolysis) is 1. The molecular weight excluding hydrogens is 456 g/mol.